The third-order valence-electron chi connectivity index (χ3n) is 4.38. The molecule has 27 heavy (non-hydrogen) atoms. The van der Waals surface area contributed by atoms with E-state index in [1.54, 1.807) is 42.5 Å². The molecule has 2 aromatic carbocycles. The first kappa shape index (κ1) is 18.4. The molecule has 0 saturated heterocycles. The van der Waals surface area contributed by atoms with Crippen LogP contribution in [0, 0.1) is 0 Å². The Kier molecular flexibility index (Phi) is 5.07. The molecule has 0 saturated carbocycles. The second-order valence-electron chi connectivity index (χ2n) is 6.36. The number of carbonyl (C=O) groups excluding carboxylic acids is 2. The van der Waals surface area contributed by atoms with Gasteiger partial charge in [0.2, 0.25) is 0 Å². The number of hydrogen-bond acceptors (Lipinski definition) is 3. The van der Waals surface area contributed by atoms with E-state index in [1.165, 1.54) is 11.8 Å². The van der Waals surface area contributed by atoms with E-state index < -0.39 is 6.09 Å². The quantitative estimate of drug-likeness (QED) is 0.612. The van der Waals surface area contributed by atoms with Crippen molar-refractivity contribution in [3.05, 3.63) is 59.2 Å². The van der Waals surface area contributed by atoms with Gasteiger partial charge in [0.25, 0.3) is 5.91 Å². The molecule has 2 aromatic rings. The molecule has 2 amide bonds. The molecule has 0 atom stereocenters. The van der Waals surface area contributed by atoms with Crippen LogP contribution in [0.4, 0.5) is 16.2 Å². The maximum absolute atomic E-state index is 12.4. The Morgan fingerprint density at radius 3 is 2.63 bits per heavy atom. The zero-order valence-corrected chi connectivity index (χ0v) is 15.2. The largest absolute Gasteiger partial charge is 0.465 e. The number of Topliss-reactive ketones (excluding diaryl/α,β-unsaturated/α-hetero) is 1. The molecule has 3 rings (SSSR count). The van der Waals surface area contributed by atoms with Crippen LogP contribution in [0.1, 0.15) is 41.8 Å². The number of carboxylic acid groups (broad SMARTS) is 1. The SMILES string of the molecule is CCCN(C(=O)O)c1cccc(/C=C2\C(=O)Nc3ccc(C(C)=O)cc32)c1. The van der Waals surface area contributed by atoms with Gasteiger partial charge in [0.15, 0.2) is 5.78 Å². The Balaban J connectivity index is 2.02. The first-order valence-corrected chi connectivity index (χ1v) is 8.69. The molecule has 1 aliphatic heterocycles. The lowest BCUT2D eigenvalue weighted by Crippen LogP contribution is -2.29. The van der Waals surface area contributed by atoms with Crippen LogP contribution in [0.2, 0.25) is 0 Å². The zero-order valence-electron chi connectivity index (χ0n) is 15.2. The Morgan fingerprint density at radius 2 is 1.96 bits per heavy atom. The standard InChI is InChI=1S/C21H20N2O4/c1-3-9-23(21(26)27)16-6-4-5-14(10-16)11-18-17-12-15(13(2)24)7-8-19(17)22-20(18)25/h4-8,10-12H,3,9H2,1-2H3,(H,22,25)(H,26,27)/b18-11-. The van der Waals surface area contributed by atoms with E-state index in [0.29, 0.717) is 46.6 Å². The fraction of sp³-hybridized carbons (Fsp3) is 0.190. The zero-order chi connectivity index (χ0) is 19.6. The van der Waals surface area contributed by atoms with Crippen molar-refractivity contribution in [2.75, 3.05) is 16.8 Å². The van der Waals surface area contributed by atoms with Gasteiger partial charge in [-0.3, -0.25) is 14.5 Å². The van der Waals surface area contributed by atoms with Crippen LogP contribution in [0.25, 0.3) is 11.6 Å². The fourth-order valence-electron chi connectivity index (χ4n) is 3.06. The molecule has 138 valence electrons. The van der Waals surface area contributed by atoms with Crippen molar-refractivity contribution in [1.82, 2.24) is 0 Å². The second-order valence-corrected chi connectivity index (χ2v) is 6.36. The minimum atomic E-state index is -1.02. The highest BCUT2D eigenvalue weighted by atomic mass is 16.4. The molecule has 0 unspecified atom stereocenters. The lowest BCUT2D eigenvalue weighted by atomic mass is 10.00. The summed E-state index contributed by atoms with van der Waals surface area (Å²) in [6, 6.07) is 12.1. The van der Waals surface area contributed by atoms with Gasteiger partial charge in [0, 0.05) is 34.6 Å². The Morgan fingerprint density at radius 1 is 1.19 bits per heavy atom. The molecule has 2 N–H and O–H groups in total. The van der Waals surface area contributed by atoms with E-state index in [0.717, 1.165) is 0 Å². The van der Waals surface area contributed by atoms with E-state index >= 15 is 0 Å². The fourth-order valence-corrected chi connectivity index (χ4v) is 3.06. The number of benzene rings is 2. The molecule has 6 nitrogen and oxygen atoms in total. The van der Waals surface area contributed by atoms with Crippen molar-refractivity contribution < 1.29 is 19.5 Å². The first-order chi connectivity index (χ1) is 12.9. The third kappa shape index (κ3) is 3.74. The molecule has 1 heterocycles. The Labute approximate surface area is 157 Å². The average molecular weight is 364 g/mol. The molecule has 0 spiro atoms. The minimum Gasteiger partial charge on any atom is -0.465 e. The van der Waals surface area contributed by atoms with Gasteiger partial charge in [-0.2, -0.15) is 0 Å². The maximum atomic E-state index is 12.4. The van der Waals surface area contributed by atoms with Gasteiger partial charge in [-0.25, -0.2) is 4.79 Å². The molecule has 0 fully saturated rings. The van der Waals surface area contributed by atoms with Gasteiger partial charge in [0.05, 0.1) is 0 Å². The number of nitrogens with zero attached hydrogens (tertiary/aromatic N) is 1. The number of fused-ring (bicyclic) bond motifs is 1. The number of nitrogens with one attached hydrogen (secondary N) is 1. The third-order valence-corrected chi connectivity index (χ3v) is 4.38. The van der Waals surface area contributed by atoms with Gasteiger partial charge in [-0.05, 0) is 55.3 Å². The van der Waals surface area contributed by atoms with Crippen LogP contribution < -0.4 is 10.2 Å². The summed E-state index contributed by atoms with van der Waals surface area (Å²) in [6.07, 6.45) is 1.39. The number of anilines is 2. The molecule has 0 aliphatic carbocycles. The van der Waals surface area contributed by atoms with Crippen LogP contribution >= 0.6 is 0 Å². The lowest BCUT2D eigenvalue weighted by molar-refractivity contribution is -0.110. The van der Waals surface area contributed by atoms with E-state index in [2.05, 4.69) is 5.32 Å². The van der Waals surface area contributed by atoms with Gasteiger partial charge < -0.3 is 10.4 Å². The van der Waals surface area contributed by atoms with Crippen LogP contribution in [-0.2, 0) is 4.79 Å². The van der Waals surface area contributed by atoms with Gasteiger partial charge in [0.1, 0.15) is 0 Å². The maximum Gasteiger partial charge on any atom is 0.411 e. The van der Waals surface area contributed by atoms with Crippen molar-refractivity contribution >= 4 is 40.8 Å². The summed E-state index contributed by atoms with van der Waals surface area (Å²) in [5.41, 5.74) is 3.57. The van der Waals surface area contributed by atoms with Crippen molar-refractivity contribution in [3.63, 3.8) is 0 Å². The number of ketones is 1. The average Bonchev–Trinajstić information content (AvgIpc) is 2.94. The molecular weight excluding hydrogens is 344 g/mol. The summed E-state index contributed by atoms with van der Waals surface area (Å²) in [7, 11) is 0. The summed E-state index contributed by atoms with van der Waals surface area (Å²) < 4.78 is 0. The topological polar surface area (TPSA) is 86.7 Å². The molecule has 1 aliphatic rings. The smallest absolute Gasteiger partial charge is 0.411 e. The lowest BCUT2D eigenvalue weighted by Gasteiger charge is -2.18. The van der Waals surface area contributed by atoms with Crippen molar-refractivity contribution in [2.45, 2.75) is 20.3 Å². The van der Waals surface area contributed by atoms with E-state index in [9.17, 15) is 19.5 Å². The number of hydrogen-bond donors (Lipinski definition) is 2. The predicted molar refractivity (Wildman–Crippen MR) is 105 cm³/mol. The highest BCUT2D eigenvalue weighted by Gasteiger charge is 2.25. The van der Waals surface area contributed by atoms with Crippen LogP contribution in [0.5, 0.6) is 0 Å². The van der Waals surface area contributed by atoms with Crippen molar-refractivity contribution in [3.8, 4) is 0 Å². The van der Waals surface area contributed by atoms with E-state index in [4.69, 9.17) is 0 Å². The number of amides is 2. The normalized spacial score (nSPS) is 14.0. The van der Waals surface area contributed by atoms with Gasteiger partial charge in [-0.1, -0.05) is 19.1 Å². The summed E-state index contributed by atoms with van der Waals surface area (Å²) in [6.45, 7) is 3.78. The second kappa shape index (κ2) is 7.45. The minimum absolute atomic E-state index is 0.0739. The van der Waals surface area contributed by atoms with Gasteiger partial charge in [-0.15, -0.1) is 0 Å². The Hall–Kier alpha value is -3.41. The van der Waals surface area contributed by atoms with Crippen LogP contribution in [-0.4, -0.2) is 29.4 Å². The molecule has 0 radical (unpaired) electrons. The highest BCUT2D eigenvalue weighted by molar-refractivity contribution is 6.35. The number of carbonyl (C=O) groups is 3. The summed E-state index contributed by atoms with van der Waals surface area (Å²) >= 11 is 0. The van der Waals surface area contributed by atoms with Crippen molar-refractivity contribution in [1.29, 1.82) is 0 Å². The highest BCUT2D eigenvalue weighted by Crippen LogP contribution is 2.34. The van der Waals surface area contributed by atoms with Gasteiger partial charge >= 0.3 is 6.09 Å². The Bertz CT molecular complexity index is 962. The molecular formula is C21H20N2O4. The van der Waals surface area contributed by atoms with E-state index in [1.807, 2.05) is 13.0 Å². The van der Waals surface area contributed by atoms with Crippen LogP contribution in [0.15, 0.2) is 42.5 Å². The monoisotopic (exact) mass is 364 g/mol. The van der Waals surface area contributed by atoms with Crippen molar-refractivity contribution in [2.24, 2.45) is 0 Å². The summed E-state index contributed by atoms with van der Waals surface area (Å²) in [5.74, 6) is -0.324. The number of rotatable bonds is 5. The molecule has 0 aromatic heterocycles. The van der Waals surface area contributed by atoms with E-state index in [-0.39, 0.29) is 11.7 Å². The predicted octanol–water partition coefficient (Wildman–Crippen LogP) is 4.28. The summed E-state index contributed by atoms with van der Waals surface area (Å²) in [5, 5.41) is 12.2. The molecule has 6 heteroatoms. The van der Waals surface area contributed by atoms with Crippen LogP contribution in [0.3, 0.4) is 0 Å². The summed E-state index contributed by atoms with van der Waals surface area (Å²) in [4.78, 5) is 36.8. The first-order valence-electron chi connectivity index (χ1n) is 8.69. The molecule has 0 bridgehead atoms.